The molecule has 6 rings (SSSR count). The van der Waals surface area contributed by atoms with Crippen LogP contribution in [-0.4, -0.2) is 18.2 Å². The minimum atomic E-state index is -0.699. The molecule has 3 aromatic carbocycles. The predicted octanol–water partition coefficient (Wildman–Crippen LogP) is 6.94. The van der Waals surface area contributed by atoms with E-state index in [-0.39, 0.29) is 17.2 Å². The number of fused-ring (bicyclic) bond motifs is 2. The summed E-state index contributed by atoms with van der Waals surface area (Å²) in [6, 6.07) is 17.0. The second-order valence-electron chi connectivity index (χ2n) is 10.2. The van der Waals surface area contributed by atoms with Gasteiger partial charge in [0.15, 0.2) is 0 Å². The zero-order chi connectivity index (χ0) is 24.9. The van der Waals surface area contributed by atoms with Crippen LogP contribution in [0.4, 0.5) is 4.39 Å². The third kappa shape index (κ3) is 3.87. The summed E-state index contributed by atoms with van der Waals surface area (Å²) in [6.07, 6.45) is 7.91. The van der Waals surface area contributed by atoms with Crippen molar-refractivity contribution in [1.29, 1.82) is 0 Å². The standard InChI is InChI=1S/C31H29FO4/c1-35-22-9-11-29(32)26(15-22)24-10-6-19(14-25(24)20-4-2-3-5-20)18-36-23-8-7-21-12-13-31(27(21)16-23)17-28(31)30(33)34/h4,6-11,14-16,28H,2-3,5,12-13,17-18H2,1H3,(H,33,34). The van der Waals surface area contributed by atoms with Gasteiger partial charge in [-0.05, 0) is 108 Å². The largest absolute Gasteiger partial charge is 0.497 e. The van der Waals surface area contributed by atoms with Crippen LogP contribution in [0.1, 0.15) is 54.4 Å². The van der Waals surface area contributed by atoms with Gasteiger partial charge in [0.25, 0.3) is 0 Å². The van der Waals surface area contributed by atoms with Gasteiger partial charge in [-0.1, -0.05) is 24.3 Å². The second-order valence-corrected chi connectivity index (χ2v) is 10.2. The smallest absolute Gasteiger partial charge is 0.307 e. The van der Waals surface area contributed by atoms with E-state index in [0.717, 1.165) is 66.5 Å². The fraction of sp³-hybridized carbons (Fsp3) is 0.323. The summed E-state index contributed by atoms with van der Waals surface area (Å²) in [4.78, 5) is 11.6. The Labute approximate surface area is 210 Å². The summed E-state index contributed by atoms with van der Waals surface area (Å²) in [7, 11) is 1.59. The topological polar surface area (TPSA) is 55.8 Å². The number of carbonyl (C=O) groups is 1. The van der Waals surface area contributed by atoms with Gasteiger partial charge in [0.05, 0.1) is 13.0 Å². The summed E-state index contributed by atoms with van der Waals surface area (Å²) in [5.41, 5.74) is 6.86. The monoisotopic (exact) mass is 484 g/mol. The van der Waals surface area contributed by atoms with E-state index >= 15 is 0 Å². The molecule has 3 aromatic rings. The Kier molecular flexibility index (Phi) is 5.59. The Morgan fingerprint density at radius 1 is 1.03 bits per heavy atom. The first-order valence-electron chi connectivity index (χ1n) is 12.6. The van der Waals surface area contributed by atoms with Gasteiger partial charge in [-0.2, -0.15) is 0 Å². The van der Waals surface area contributed by atoms with Gasteiger partial charge in [0, 0.05) is 11.0 Å². The van der Waals surface area contributed by atoms with E-state index in [1.807, 2.05) is 24.3 Å². The lowest BCUT2D eigenvalue weighted by Gasteiger charge is -2.16. The molecule has 0 radical (unpaired) electrons. The zero-order valence-corrected chi connectivity index (χ0v) is 20.4. The van der Waals surface area contributed by atoms with Gasteiger partial charge in [-0.25, -0.2) is 4.39 Å². The average Bonchev–Trinajstić information content (AvgIpc) is 3.20. The molecule has 36 heavy (non-hydrogen) atoms. The number of carboxylic acids is 1. The lowest BCUT2D eigenvalue weighted by atomic mass is 9.92. The number of benzene rings is 3. The molecule has 0 saturated heterocycles. The normalized spacial score (nSPS) is 21.8. The van der Waals surface area contributed by atoms with Gasteiger partial charge in [-0.15, -0.1) is 0 Å². The summed E-state index contributed by atoms with van der Waals surface area (Å²) in [5, 5.41) is 9.53. The second kappa shape index (κ2) is 8.81. The molecule has 0 aromatic heterocycles. The van der Waals surface area contributed by atoms with E-state index in [1.54, 1.807) is 19.2 Å². The molecule has 1 fully saturated rings. The highest BCUT2D eigenvalue weighted by Crippen LogP contribution is 2.62. The van der Waals surface area contributed by atoms with Crippen LogP contribution in [0.15, 0.2) is 60.7 Å². The van der Waals surface area contributed by atoms with E-state index < -0.39 is 5.97 Å². The Bertz CT molecular complexity index is 1390. The highest BCUT2D eigenvalue weighted by molar-refractivity contribution is 5.83. The molecule has 0 bridgehead atoms. The Morgan fingerprint density at radius 3 is 2.64 bits per heavy atom. The third-order valence-electron chi connectivity index (χ3n) is 8.17. The quantitative estimate of drug-likeness (QED) is 0.395. The van der Waals surface area contributed by atoms with Crippen molar-refractivity contribution in [1.82, 2.24) is 0 Å². The maximum absolute atomic E-state index is 14.8. The van der Waals surface area contributed by atoms with Gasteiger partial charge in [-0.3, -0.25) is 4.79 Å². The maximum Gasteiger partial charge on any atom is 0.307 e. The number of halogens is 1. The molecule has 1 N–H and O–H groups in total. The van der Waals surface area contributed by atoms with Crippen LogP contribution in [-0.2, 0) is 23.2 Å². The van der Waals surface area contributed by atoms with Crippen molar-refractivity contribution in [2.75, 3.05) is 7.11 Å². The van der Waals surface area contributed by atoms with Crippen LogP contribution < -0.4 is 9.47 Å². The SMILES string of the molecule is COc1ccc(F)c(-c2ccc(COc3ccc4c(c3)C3(CC4)CC3C(=O)O)cc2C2=CCCC2)c1. The van der Waals surface area contributed by atoms with E-state index in [1.165, 1.54) is 17.2 Å². The maximum atomic E-state index is 14.8. The van der Waals surface area contributed by atoms with Crippen molar-refractivity contribution < 1.29 is 23.8 Å². The van der Waals surface area contributed by atoms with E-state index in [9.17, 15) is 14.3 Å². The van der Waals surface area contributed by atoms with Gasteiger partial charge in [0.2, 0.25) is 0 Å². The molecule has 0 amide bonds. The molecule has 4 nitrogen and oxygen atoms in total. The first-order valence-corrected chi connectivity index (χ1v) is 12.6. The van der Waals surface area contributed by atoms with Gasteiger partial charge < -0.3 is 14.6 Å². The number of carboxylic acid groups (broad SMARTS) is 1. The number of aryl methyl sites for hydroxylation is 1. The highest BCUT2D eigenvalue weighted by atomic mass is 19.1. The fourth-order valence-electron chi connectivity index (χ4n) is 6.12. The van der Waals surface area contributed by atoms with Crippen LogP contribution in [0.5, 0.6) is 11.5 Å². The first kappa shape index (κ1) is 22.8. The van der Waals surface area contributed by atoms with Crippen molar-refractivity contribution in [3.63, 3.8) is 0 Å². The van der Waals surface area contributed by atoms with Crippen molar-refractivity contribution in [3.05, 3.63) is 88.7 Å². The molecule has 3 aliphatic rings. The molecule has 1 saturated carbocycles. The summed E-state index contributed by atoms with van der Waals surface area (Å²) in [5.74, 6) is 0.138. The van der Waals surface area contributed by atoms with Crippen LogP contribution in [0.3, 0.4) is 0 Å². The zero-order valence-electron chi connectivity index (χ0n) is 20.4. The van der Waals surface area contributed by atoms with E-state index in [0.29, 0.717) is 17.9 Å². The number of ether oxygens (including phenoxy) is 2. The van der Waals surface area contributed by atoms with Crippen molar-refractivity contribution in [2.45, 2.75) is 50.5 Å². The summed E-state index contributed by atoms with van der Waals surface area (Å²) < 4.78 is 26.4. The minimum absolute atomic E-state index is 0.203. The van der Waals surface area contributed by atoms with Crippen LogP contribution in [0.25, 0.3) is 16.7 Å². The van der Waals surface area contributed by atoms with E-state index in [2.05, 4.69) is 18.2 Å². The first-order chi connectivity index (χ1) is 17.5. The molecule has 3 aliphatic carbocycles. The predicted molar refractivity (Wildman–Crippen MR) is 137 cm³/mol. The number of methoxy groups -OCH3 is 1. The van der Waals surface area contributed by atoms with Crippen LogP contribution in [0.2, 0.25) is 0 Å². The van der Waals surface area contributed by atoms with Gasteiger partial charge in [0.1, 0.15) is 23.9 Å². The fourth-order valence-corrected chi connectivity index (χ4v) is 6.12. The minimum Gasteiger partial charge on any atom is -0.497 e. The molecular weight excluding hydrogens is 455 g/mol. The van der Waals surface area contributed by atoms with Gasteiger partial charge >= 0.3 is 5.97 Å². The van der Waals surface area contributed by atoms with Crippen molar-refractivity contribution in [2.24, 2.45) is 5.92 Å². The molecule has 5 heteroatoms. The lowest BCUT2D eigenvalue weighted by Crippen LogP contribution is -2.11. The molecule has 2 unspecified atom stereocenters. The number of aliphatic carboxylic acids is 1. The number of hydrogen-bond acceptors (Lipinski definition) is 3. The summed E-state index contributed by atoms with van der Waals surface area (Å²) in [6.45, 7) is 0.384. The Balaban J connectivity index is 1.28. The molecule has 184 valence electrons. The number of allylic oxidation sites excluding steroid dienone is 2. The van der Waals surface area contributed by atoms with Crippen molar-refractivity contribution in [3.8, 4) is 22.6 Å². The molecule has 1 spiro atoms. The lowest BCUT2D eigenvalue weighted by molar-refractivity contribution is -0.139. The average molecular weight is 485 g/mol. The highest BCUT2D eigenvalue weighted by Gasteiger charge is 2.61. The Hall–Kier alpha value is -3.60. The third-order valence-corrected chi connectivity index (χ3v) is 8.17. The van der Waals surface area contributed by atoms with E-state index in [4.69, 9.17) is 9.47 Å². The van der Waals surface area contributed by atoms with Crippen LogP contribution >= 0.6 is 0 Å². The number of rotatable bonds is 7. The van der Waals surface area contributed by atoms with Crippen molar-refractivity contribution >= 4 is 11.5 Å². The Morgan fingerprint density at radius 2 is 1.89 bits per heavy atom. The molecule has 0 heterocycles. The summed E-state index contributed by atoms with van der Waals surface area (Å²) >= 11 is 0. The molecule has 2 atom stereocenters. The molecule has 0 aliphatic heterocycles. The number of hydrogen-bond donors (Lipinski definition) is 1. The molecular formula is C31H29FO4. The van der Waals surface area contributed by atoms with Crippen LogP contribution in [0, 0.1) is 11.7 Å².